The second-order valence-electron chi connectivity index (χ2n) is 6.01. The van der Waals surface area contributed by atoms with Crippen LogP contribution in [0.3, 0.4) is 0 Å². The summed E-state index contributed by atoms with van der Waals surface area (Å²) in [6, 6.07) is 7.70. The van der Waals surface area contributed by atoms with Gasteiger partial charge >= 0.3 is 0 Å². The quantitative estimate of drug-likeness (QED) is 0.779. The summed E-state index contributed by atoms with van der Waals surface area (Å²) in [4.78, 5) is 11.6. The number of benzene rings is 1. The molecule has 1 amide bonds. The molecule has 2 rings (SSSR count). The molecular formula is C16H24FN2O2S+. The summed E-state index contributed by atoms with van der Waals surface area (Å²) < 4.78 is 18.4. The normalized spacial score (nSPS) is 27.8. The SMILES string of the molecule is COc1ccc(CS[C@@H]2C[C@H](C(N)=O)[N+](C)(CCF)C2)cc1. The van der Waals surface area contributed by atoms with E-state index >= 15 is 0 Å². The largest absolute Gasteiger partial charge is 0.497 e. The number of rotatable bonds is 7. The highest BCUT2D eigenvalue weighted by Gasteiger charge is 2.46. The van der Waals surface area contributed by atoms with E-state index in [0.29, 0.717) is 16.3 Å². The molecule has 2 N–H and O–H groups in total. The van der Waals surface area contributed by atoms with Crippen LogP contribution in [0.4, 0.5) is 4.39 Å². The zero-order valence-corrected chi connectivity index (χ0v) is 13.9. The van der Waals surface area contributed by atoms with Crippen molar-refractivity contribution in [2.45, 2.75) is 23.5 Å². The third-order valence-corrected chi connectivity index (χ3v) is 5.74. The highest BCUT2D eigenvalue weighted by molar-refractivity contribution is 7.99. The number of carbonyl (C=O) groups is 1. The van der Waals surface area contributed by atoms with Gasteiger partial charge in [0.05, 0.1) is 26.0 Å². The Morgan fingerprint density at radius 1 is 1.45 bits per heavy atom. The Morgan fingerprint density at radius 2 is 2.14 bits per heavy atom. The average molecular weight is 327 g/mol. The van der Waals surface area contributed by atoms with E-state index in [1.54, 1.807) is 7.11 Å². The number of thioether (sulfide) groups is 1. The number of nitrogens with two attached hydrogens (primary N) is 1. The molecule has 1 saturated heterocycles. The maximum atomic E-state index is 12.8. The summed E-state index contributed by atoms with van der Waals surface area (Å²) in [5, 5.41) is 0.330. The minimum absolute atomic E-state index is 0.274. The minimum atomic E-state index is -0.420. The molecule has 0 saturated carbocycles. The topological polar surface area (TPSA) is 52.3 Å². The molecule has 6 heteroatoms. The number of nitrogens with zero attached hydrogens (tertiary/aromatic N) is 1. The number of carbonyl (C=O) groups excluding carboxylic acids is 1. The Labute approximate surface area is 135 Å². The van der Waals surface area contributed by atoms with Crippen molar-refractivity contribution in [1.82, 2.24) is 0 Å². The maximum Gasteiger partial charge on any atom is 0.275 e. The molecule has 122 valence electrons. The lowest BCUT2D eigenvalue weighted by molar-refractivity contribution is -0.911. The molecule has 1 aliphatic heterocycles. The third kappa shape index (κ3) is 3.93. The van der Waals surface area contributed by atoms with Crippen molar-refractivity contribution in [3.8, 4) is 5.75 Å². The smallest absolute Gasteiger partial charge is 0.275 e. The molecule has 0 aromatic heterocycles. The van der Waals surface area contributed by atoms with Crippen LogP contribution >= 0.6 is 11.8 Å². The zero-order valence-electron chi connectivity index (χ0n) is 13.1. The van der Waals surface area contributed by atoms with E-state index in [-0.39, 0.29) is 11.9 Å². The standard InChI is InChI=1S/C16H23FN2O2S/c1-19(8-7-17)10-14(9-15(19)16(18)20)22-11-12-3-5-13(21-2)6-4-12/h3-6,14-15H,7-11H2,1-2H3,(H-,18,20)/p+1/t14-,15-,19?/m1/s1. The number of likely N-dealkylation sites (N-methyl/N-ethyl adjacent to an activating group) is 1. The van der Waals surface area contributed by atoms with Crippen LogP contribution in [0.15, 0.2) is 24.3 Å². The number of methoxy groups -OCH3 is 1. The van der Waals surface area contributed by atoms with Gasteiger partial charge in [0.1, 0.15) is 19.0 Å². The maximum absolute atomic E-state index is 12.8. The first kappa shape index (κ1) is 17.1. The first-order chi connectivity index (χ1) is 10.5. The van der Waals surface area contributed by atoms with Gasteiger partial charge in [0.25, 0.3) is 5.91 Å². The van der Waals surface area contributed by atoms with Crippen molar-refractivity contribution in [3.63, 3.8) is 0 Å². The molecule has 4 nitrogen and oxygen atoms in total. The number of quaternary nitrogens is 1. The Kier molecular flexibility index (Phi) is 5.69. The predicted octanol–water partition coefficient (Wildman–Crippen LogP) is 1.97. The summed E-state index contributed by atoms with van der Waals surface area (Å²) in [6.45, 7) is 0.724. The fourth-order valence-corrected chi connectivity index (χ4v) is 4.48. The molecule has 1 aromatic carbocycles. The van der Waals surface area contributed by atoms with Crippen LogP contribution in [0, 0.1) is 0 Å². The van der Waals surface area contributed by atoms with Gasteiger partial charge in [0.15, 0.2) is 6.04 Å². The molecule has 1 aromatic rings. The van der Waals surface area contributed by atoms with E-state index in [4.69, 9.17) is 10.5 Å². The summed E-state index contributed by atoms with van der Waals surface area (Å²) in [6.07, 6.45) is 0.729. The molecule has 1 fully saturated rings. The Hall–Kier alpha value is -1.27. The van der Waals surface area contributed by atoms with Crippen LogP contribution < -0.4 is 10.5 Å². The van der Waals surface area contributed by atoms with E-state index < -0.39 is 6.67 Å². The lowest BCUT2D eigenvalue weighted by atomic mass is 10.2. The van der Waals surface area contributed by atoms with E-state index in [9.17, 15) is 9.18 Å². The first-order valence-electron chi connectivity index (χ1n) is 7.42. The molecule has 22 heavy (non-hydrogen) atoms. The molecular weight excluding hydrogens is 303 g/mol. The van der Waals surface area contributed by atoms with Crippen LogP contribution in [0.1, 0.15) is 12.0 Å². The highest BCUT2D eigenvalue weighted by Crippen LogP contribution is 2.34. The molecule has 0 spiro atoms. The Balaban J connectivity index is 1.94. The predicted molar refractivity (Wildman–Crippen MR) is 87.6 cm³/mol. The van der Waals surface area contributed by atoms with Gasteiger partial charge < -0.3 is 15.0 Å². The highest BCUT2D eigenvalue weighted by atomic mass is 32.2. The van der Waals surface area contributed by atoms with Gasteiger partial charge in [-0.2, -0.15) is 0 Å². The van der Waals surface area contributed by atoms with Crippen LogP contribution in [0.5, 0.6) is 5.75 Å². The minimum Gasteiger partial charge on any atom is -0.497 e. The van der Waals surface area contributed by atoms with Gasteiger partial charge in [0, 0.05) is 12.2 Å². The molecule has 1 aliphatic rings. The molecule has 3 atom stereocenters. The van der Waals surface area contributed by atoms with Crippen molar-refractivity contribution < 1.29 is 18.4 Å². The number of alkyl halides is 1. The van der Waals surface area contributed by atoms with Gasteiger partial charge in [0.2, 0.25) is 0 Å². The van der Waals surface area contributed by atoms with Gasteiger partial charge in [-0.3, -0.25) is 4.79 Å². The second kappa shape index (κ2) is 7.33. The van der Waals surface area contributed by atoms with E-state index in [1.807, 2.05) is 43.1 Å². The van der Waals surface area contributed by atoms with Gasteiger partial charge in [-0.05, 0) is 17.7 Å². The second-order valence-corrected chi connectivity index (χ2v) is 7.30. The summed E-state index contributed by atoms with van der Waals surface area (Å²) >= 11 is 1.81. The van der Waals surface area contributed by atoms with Gasteiger partial charge in [-0.15, -0.1) is 11.8 Å². The molecule has 1 heterocycles. The van der Waals surface area contributed by atoms with Crippen LogP contribution in [0.25, 0.3) is 0 Å². The van der Waals surface area contributed by atoms with Crippen molar-refractivity contribution in [2.75, 3.05) is 33.9 Å². The number of amides is 1. The molecule has 0 bridgehead atoms. The fourth-order valence-electron chi connectivity index (χ4n) is 3.09. The van der Waals surface area contributed by atoms with Gasteiger partial charge in [-0.25, -0.2) is 4.39 Å². The average Bonchev–Trinajstić information content (AvgIpc) is 2.83. The summed E-state index contributed by atoms with van der Waals surface area (Å²) in [5.41, 5.74) is 6.72. The Bertz CT molecular complexity index is 511. The summed E-state index contributed by atoms with van der Waals surface area (Å²) in [5.74, 6) is 1.40. The van der Waals surface area contributed by atoms with Crippen molar-refractivity contribution in [3.05, 3.63) is 29.8 Å². The van der Waals surface area contributed by atoms with Crippen LogP contribution in [-0.2, 0) is 10.5 Å². The lowest BCUT2D eigenvalue weighted by Crippen LogP contribution is -2.55. The number of halogens is 1. The lowest BCUT2D eigenvalue weighted by Gasteiger charge is -2.33. The Morgan fingerprint density at radius 3 is 2.68 bits per heavy atom. The van der Waals surface area contributed by atoms with E-state index in [2.05, 4.69) is 0 Å². The van der Waals surface area contributed by atoms with Crippen LogP contribution in [0.2, 0.25) is 0 Å². The third-order valence-electron chi connectivity index (χ3n) is 4.43. The number of hydrogen-bond acceptors (Lipinski definition) is 3. The monoisotopic (exact) mass is 327 g/mol. The van der Waals surface area contributed by atoms with Crippen molar-refractivity contribution in [1.29, 1.82) is 0 Å². The zero-order chi connectivity index (χ0) is 16.2. The molecule has 1 unspecified atom stereocenters. The van der Waals surface area contributed by atoms with Crippen molar-refractivity contribution >= 4 is 17.7 Å². The fraction of sp³-hybridized carbons (Fsp3) is 0.562. The number of likely N-dealkylation sites (tertiary alicyclic amines) is 1. The first-order valence-corrected chi connectivity index (χ1v) is 8.47. The number of ether oxygens (including phenoxy) is 1. The number of hydrogen-bond donors (Lipinski definition) is 1. The van der Waals surface area contributed by atoms with Crippen LogP contribution in [-0.4, -0.2) is 55.6 Å². The summed E-state index contributed by atoms with van der Waals surface area (Å²) in [7, 11) is 3.58. The van der Waals surface area contributed by atoms with Crippen molar-refractivity contribution in [2.24, 2.45) is 5.73 Å². The van der Waals surface area contributed by atoms with E-state index in [0.717, 1.165) is 24.5 Å². The number of primary amides is 1. The van der Waals surface area contributed by atoms with E-state index in [1.165, 1.54) is 5.56 Å². The van der Waals surface area contributed by atoms with Gasteiger partial charge in [-0.1, -0.05) is 12.1 Å². The molecule has 0 aliphatic carbocycles. The molecule has 0 radical (unpaired) electrons.